The topological polar surface area (TPSA) is 238 Å². The first-order chi connectivity index (χ1) is 26.8. The summed E-state index contributed by atoms with van der Waals surface area (Å²) in [5.74, 6) is -5.83. The van der Waals surface area contributed by atoms with E-state index in [0.29, 0.717) is 5.56 Å². The summed E-state index contributed by atoms with van der Waals surface area (Å²) in [5.41, 5.74) is 7.76. The zero-order chi connectivity index (χ0) is 42.8. The lowest BCUT2D eigenvalue weighted by atomic mass is 9.99. The van der Waals surface area contributed by atoms with Crippen molar-refractivity contribution in [1.82, 2.24) is 31.9 Å². The number of nitrogens with two attached hydrogens (primary N) is 1. The number of carboxylic acid groups (broad SMARTS) is 1. The van der Waals surface area contributed by atoms with Crippen molar-refractivity contribution in [3.8, 4) is 0 Å². The van der Waals surface area contributed by atoms with Crippen molar-refractivity contribution in [2.24, 2.45) is 23.5 Å². The van der Waals surface area contributed by atoms with Crippen molar-refractivity contribution in [2.75, 3.05) is 5.75 Å². The molecular formula is C41H61N7O8S. The Balaban J connectivity index is 2.17. The van der Waals surface area contributed by atoms with Gasteiger partial charge in [0.2, 0.25) is 35.4 Å². The fourth-order valence-electron chi connectivity index (χ4n) is 5.89. The maximum atomic E-state index is 13.7. The third kappa shape index (κ3) is 17.0. The highest BCUT2D eigenvalue weighted by Gasteiger charge is 2.34. The number of carbonyl (C=O) groups is 7. The Labute approximate surface area is 341 Å². The zero-order valence-corrected chi connectivity index (χ0v) is 34.8. The van der Waals surface area contributed by atoms with Gasteiger partial charge in [-0.1, -0.05) is 102 Å². The highest BCUT2D eigenvalue weighted by molar-refractivity contribution is 7.80. The summed E-state index contributed by atoms with van der Waals surface area (Å²) < 4.78 is 0. The van der Waals surface area contributed by atoms with Gasteiger partial charge in [0.1, 0.15) is 36.3 Å². The number of nitrogens with one attached hydrogen (secondary N) is 6. The lowest BCUT2D eigenvalue weighted by Crippen LogP contribution is -2.60. The largest absolute Gasteiger partial charge is 0.480 e. The standard InChI is InChI=1S/C41H61N7O8S/c1-23(2)18-30(45-38(52)31(19-24(3)4)44-36(50)29(42)20-27-14-10-8-11-15-27)37(51)43-26(7)35(49)48-34(25(5)6)40(54)46-32(21-28-16-12-9-13-17-28)39(53)47-33(22-57)41(55)56/h8-17,23-26,29-34,57H,18-22,42H2,1-7H3,(H,43,51)(H,44,50)(H,45,52)(H,46,54)(H,47,53)(H,48,49)(H,55,56). The minimum absolute atomic E-state index is 0.0105. The van der Waals surface area contributed by atoms with Gasteiger partial charge in [0.25, 0.3) is 0 Å². The van der Waals surface area contributed by atoms with Crippen molar-refractivity contribution in [3.63, 3.8) is 0 Å². The van der Waals surface area contributed by atoms with E-state index in [0.717, 1.165) is 5.56 Å². The fourth-order valence-corrected chi connectivity index (χ4v) is 6.14. The van der Waals surface area contributed by atoms with Crippen molar-refractivity contribution in [2.45, 2.75) is 116 Å². The van der Waals surface area contributed by atoms with Crippen LogP contribution in [0.1, 0.15) is 72.4 Å². The number of hydrogen-bond acceptors (Lipinski definition) is 9. The summed E-state index contributed by atoms with van der Waals surface area (Å²) in [7, 11) is 0. The predicted octanol–water partition coefficient (Wildman–Crippen LogP) is 1.49. The van der Waals surface area contributed by atoms with E-state index >= 15 is 0 Å². The van der Waals surface area contributed by atoms with Crippen molar-refractivity contribution >= 4 is 54.0 Å². The third-order valence-corrected chi connectivity index (χ3v) is 9.39. The minimum Gasteiger partial charge on any atom is -0.480 e. The summed E-state index contributed by atoms with van der Waals surface area (Å²) in [5, 5.41) is 25.3. The van der Waals surface area contributed by atoms with Crippen molar-refractivity contribution < 1.29 is 38.7 Å². The van der Waals surface area contributed by atoms with Gasteiger partial charge < -0.3 is 42.7 Å². The van der Waals surface area contributed by atoms with E-state index in [1.807, 2.05) is 58.0 Å². The first-order valence-corrected chi connectivity index (χ1v) is 19.9. The Morgan fingerprint density at radius 3 is 1.42 bits per heavy atom. The number of carboxylic acids is 1. The van der Waals surface area contributed by atoms with Gasteiger partial charge in [-0.3, -0.25) is 28.8 Å². The summed E-state index contributed by atoms with van der Waals surface area (Å²) in [6, 6.07) is 10.3. The maximum Gasteiger partial charge on any atom is 0.327 e. The lowest BCUT2D eigenvalue weighted by Gasteiger charge is -2.28. The number of rotatable bonds is 23. The first-order valence-electron chi connectivity index (χ1n) is 19.3. The number of thiol groups is 1. The molecule has 0 bridgehead atoms. The van der Waals surface area contributed by atoms with Crippen LogP contribution in [0.15, 0.2) is 60.7 Å². The van der Waals surface area contributed by atoms with Gasteiger partial charge >= 0.3 is 5.97 Å². The fraction of sp³-hybridized carbons (Fsp3) is 0.537. The Hall–Kier alpha value is -4.96. The molecule has 0 aliphatic rings. The molecule has 15 nitrogen and oxygen atoms in total. The molecule has 0 saturated heterocycles. The highest BCUT2D eigenvalue weighted by atomic mass is 32.1. The van der Waals surface area contributed by atoms with Gasteiger partial charge in [-0.15, -0.1) is 0 Å². The molecule has 0 fully saturated rings. The van der Waals surface area contributed by atoms with E-state index in [-0.39, 0.29) is 43.3 Å². The minimum atomic E-state index is -1.30. The van der Waals surface area contributed by atoms with E-state index in [1.54, 1.807) is 44.2 Å². The summed E-state index contributed by atoms with van der Waals surface area (Å²) in [6.07, 6.45) is 0.813. The van der Waals surface area contributed by atoms with Crippen molar-refractivity contribution in [3.05, 3.63) is 71.8 Å². The number of benzene rings is 2. The molecule has 0 radical (unpaired) electrons. The van der Waals surface area contributed by atoms with Gasteiger partial charge in [0.05, 0.1) is 6.04 Å². The molecule has 9 N–H and O–H groups in total. The molecule has 0 aromatic heterocycles. The van der Waals surface area contributed by atoms with Gasteiger partial charge in [-0.25, -0.2) is 4.79 Å². The number of amides is 6. The Bertz CT molecular complexity index is 1640. The van der Waals surface area contributed by atoms with Gasteiger partial charge in [-0.05, 0) is 55.1 Å². The molecular weight excluding hydrogens is 751 g/mol. The second-order valence-electron chi connectivity index (χ2n) is 15.5. The van der Waals surface area contributed by atoms with E-state index in [2.05, 4.69) is 44.5 Å². The second-order valence-corrected chi connectivity index (χ2v) is 15.8. The Morgan fingerprint density at radius 2 is 0.965 bits per heavy atom. The normalized spacial score (nSPS) is 14.9. The molecule has 2 aromatic carbocycles. The van der Waals surface area contributed by atoms with Crippen molar-refractivity contribution in [1.29, 1.82) is 0 Å². The van der Waals surface area contributed by atoms with Crippen LogP contribution in [0.3, 0.4) is 0 Å². The van der Waals surface area contributed by atoms with Crippen LogP contribution in [-0.2, 0) is 46.4 Å². The lowest BCUT2D eigenvalue weighted by molar-refractivity contribution is -0.141. The molecule has 314 valence electrons. The summed E-state index contributed by atoms with van der Waals surface area (Å²) in [6.45, 7) is 12.4. The van der Waals surface area contributed by atoms with Crippen LogP contribution < -0.4 is 37.6 Å². The van der Waals surface area contributed by atoms with E-state index < -0.39 is 89.6 Å². The van der Waals surface area contributed by atoms with Crippen LogP contribution in [0.5, 0.6) is 0 Å². The number of hydrogen-bond donors (Lipinski definition) is 9. The van der Waals surface area contributed by atoms with Crippen LogP contribution in [-0.4, -0.2) is 94.6 Å². The second kappa shape index (κ2) is 24.0. The molecule has 2 aromatic rings. The Kier molecular flexibility index (Phi) is 20.3. The van der Waals surface area contributed by atoms with Gasteiger partial charge in [-0.2, -0.15) is 12.6 Å². The van der Waals surface area contributed by atoms with Crippen LogP contribution >= 0.6 is 12.6 Å². The first kappa shape index (κ1) is 48.2. The molecule has 0 aliphatic heterocycles. The molecule has 2 rings (SSSR count). The summed E-state index contributed by atoms with van der Waals surface area (Å²) in [4.78, 5) is 92.3. The highest BCUT2D eigenvalue weighted by Crippen LogP contribution is 2.12. The number of carbonyl (C=O) groups excluding carboxylic acids is 6. The Morgan fingerprint density at radius 1 is 0.544 bits per heavy atom. The van der Waals surface area contributed by atoms with Crippen LogP contribution in [0.4, 0.5) is 0 Å². The maximum absolute atomic E-state index is 13.7. The molecule has 0 aliphatic carbocycles. The molecule has 6 amide bonds. The van der Waals surface area contributed by atoms with Gasteiger partial charge in [0.15, 0.2) is 0 Å². The summed E-state index contributed by atoms with van der Waals surface area (Å²) >= 11 is 4.00. The average molecular weight is 812 g/mol. The van der Waals surface area contributed by atoms with Crippen LogP contribution in [0.25, 0.3) is 0 Å². The molecule has 0 spiro atoms. The van der Waals surface area contributed by atoms with E-state index in [4.69, 9.17) is 5.73 Å². The van der Waals surface area contributed by atoms with E-state index in [1.165, 1.54) is 6.92 Å². The van der Waals surface area contributed by atoms with Gasteiger partial charge in [0, 0.05) is 12.2 Å². The molecule has 16 heteroatoms. The van der Waals surface area contributed by atoms with E-state index in [9.17, 15) is 38.7 Å². The third-order valence-electron chi connectivity index (χ3n) is 9.03. The molecule has 57 heavy (non-hydrogen) atoms. The molecule has 0 saturated carbocycles. The van der Waals surface area contributed by atoms with Crippen LogP contribution in [0, 0.1) is 17.8 Å². The quantitative estimate of drug-likeness (QED) is 0.0739. The number of aliphatic carboxylic acids is 1. The smallest absolute Gasteiger partial charge is 0.327 e. The average Bonchev–Trinajstić information content (AvgIpc) is 3.14. The zero-order valence-electron chi connectivity index (χ0n) is 33.9. The monoisotopic (exact) mass is 811 g/mol. The SMILES string of the molecule is CC(C)CC(NC(=O)C(N)Cc1ccccc1)C(=O)NC(CC(C)C)C(=O)NC(C)C(=O)NC(C(=O)NC(Cc1ccccc1)C(=O)NC(CS)C(=O)O)C(C)C. The van der Waals surface area contributed by atoms with Crippen LogP contribution in [0.2, 0.25) is 0 Å². The molecule has 7 atom stereocenters. The molecule has 7 unspecified atom stereocenters. The predicted molar refractivity (Wildman–Crippen MR) is 221 cm³/mol. The molecule has 0 heterocycles.